The summed E-state index contributed by atoms with van der Waals surface area (Å²) in [5.41, 5.74) is 1.43. The Bertz CT molecular complexity index is 1300. The number of halogens is 2. The summed E-state index contributed by atoms with van der Waals surface area (Å²) in [5.74, 6) is -0.603. The first-order valence-electron chi connectivity index (χ1n) is 10.1. The molecule has 5 nitrogen and oxygen atoms in total. The summed E-state index contributed by atoms with van der Waals surface area (Å²) in [6, 6.07) is 20.1. The second-order valence-corrected chi connectivity index (χ2v) is 9.80. The van der Waals surface area contributed by atoms with Gasteiger partial charge in [-0.05, 0) is 29.8 Å². The number of carbonyl (C=O) groups excluding carboxylic acids is 1. The SMILES string of the molecule is O=C(O)[C@H](Cc1ccccc1)N1C(=O)/C(=C/c2ccccc2Oc2ccc(Cl)c(Cl)c2)SC1=S. The van der Waals surface area contributed by atoms with E-state index >= 15 is 0 Å². The minimum Gasteiger partial charge on any atom is -0.480 e. The zero-order valence-electron chi connectivity index (χ0n) is 17.5. The van der Waals surface area contributed by atoms with Crippen molar-refractivity contribution in [1.82, 2.24) is 4.90 Å². The molecule has 172 valence electrons. The van der Waals surface area contributed by atoms with Gasteiger partial charge in [-0.3, -0.25) is 9.69 Å². The van der Waals surface area contributed by atoms with Crippen LogP contribution in [0, 0.1) is 0 Å². The summed E-state index contributed by atoms with van der Waals surface area (Å²) < 4.78 is 6.16. The Morgan fingerprint density at radius 2 is 1.76 bits per heavy atom. The monoisotopic (exact) mass is 529 g/mol. The second kappa shape index (κ2) is 10.6. The van der Waals surface area contributed by atoms with Crippen molar-refractivity contribution in [2.45, 2.75) is 12.5 Å². The van der Waals surface area contributed by atoms with Crippen LogP contribution in [0.25, 0.3) is 6.08 Å². The largest absolute Gasteiger partial charge is 0.480 e. The van der Waals surface area contributed by atoms with E-state index in [0.717, 1.165) is 17.3 Å². The molecule has 0 unspecified atom stereocenters. The molecule has 9 heteroatoms. The van der Waals surface area contributed by atoms with Crippen LogP contribution in [0.2, 0.25) is 10.0 Å². The average molecular weight is 530 g/mol. The number of carboxylic acid groups (broad SMARTS) is 1. The van der Waals surface area contributed by atoms with E-state index in [2.05, 4.69) is 0 Å². The Morgan fingerprint density at radius 1 is 1.06 bits per heavy atom. The van der Waals surface area contributed by atoms with E-state index in [1.165, 1.54) is 4.90 Å². The van der Waals surface area contributed by atoms with Gasteiger partial charge in [0.15, 0.2) is 0 Å². The summed E-state index contributed by atoms with van der Waals surface area (Å²) in [6.45, 7) is 0. The van der Waals surface area contributed by atoms with Crippen LogP contribution < -0.4 is 4.74 Å². The van der Waals surface area contributed by atoms with Crippen LogP contribution in [-0.2, 0) is 16.0 Å². The van der Waals surface area contributed by atoms with E-state index in [1.54, 1.807) is 42.5 Å². The van der Waals surface area contributed by atoms with E-state index in [4.69, 9.17) is 40.2 Å². The van der Waals surface area contributed by atoms with E-state index in [-0.39, 0.29) is 10.7 Å². The maximum atomic E-state index is 13.2. The number of aliphatic carboxylic acids is 1. The quantitative estimate of drug-likeness (QED) is 0.272. The molecule has 1 amide bonds. The molecule has 1 fully saturated rings. The number of carbonyl (C=O) groups is 2. The molecular formula is C25H17Cl2NO4S2. The van der Waals surface area contributed by atoms with Gasteiger partial charge in [-0.25, -0.2) is 4.79 Å². The molecule has 3 aromatic rings. The van der Waals surface area contributed by atoms with Crippen LogP contribution >= 0.6 is 47.2 Å². The first-order chi connectivity index (χ1) is 16.3. The normalized spacial score (nSPS) is 15.6. The Kier molecular flexibility index (Phi) is 7.58. The van der Waals surface area contributed by atoms with Gasteiger partial charge >= 0.3 is 5.97 Å². The Balaban J connectivity index is 1.61. The molecule has 0 bridgehead atoms. The molecule has 34 heavy (non-hydrogen) atoms. The van der Waals surface area contributed by atoms with Gasteiger partial charge in [0, 0.05) is 18.1 Å². The minimum absolute atomic E-state index is 0.146. The summed E-state index contributed by atoms with van der Waals surface area (Å²) >= 11 is 18.5. The first kappa shape index (κ1) is 24.3. The number of benzene rings is 3. The molecule has 0 saturated carbocycles. The Hall–Kier alpha value is -2.84. The minimum atomic E-state index is -1.12. The first-order valence-corrected chi connectivity index (χ1v) is 12.1. The van der Waals surface area contributed by atoms with Crippen molar-refractivity contribution >= 4 is 69.5 Å². The predicted molar refractivity (Wildman–Crippen MR) is 140 cm³/mol. The lowest BCUT2D eigenvalue weighted by atomic mass is 10.0. The zero-order valence-corrected chi connectivity index (χ0v) is 20.6. The lowest BCUT2D eigenvalue weighted by molar-refractivity contribution is -0.145. The standard InChI is InChI=1S/C25H17Cl2NO4S2/c26-18-11-10-17(14-19(18)27)32-21-9-5-4-8-16(21)13-22-23(29)28(25(33)34-22)20(24(30)31)12-15-6-2-1-3-7-15/h1-11,13-14,20H,12H2,(H,30,31)/b22-13-/t20-/m0/s1. The number of carboxylic acids is 1. The van der Waals surface area contributed by atoms with Crippen LogP contribution in [0.5, 0.6) is 11.5 Å². The molecule has 0 radical (unpaired) electrons. The maximum Gasteiger partial charge on any atom is 0.327 e. The van der Waals surface area contributed by atoms with E-state index in [0.29, 0.717) is 32.0 Å². The molecule has 1 atom stereocenters. The van der Waals surface area contributed by atoms with Gasteiger partial charge in [-0.1, -0.05) is 95.7 Å². The summed E-state index contributed by atoms with van der Waals surface area (Å²) in [7, 11) is 0. The molecule has 1 saturated heterocycles. The average Bonchev–Trinajstić information content (AvgIpc) is 3.09. The molecule has 0 aliphatic carbocycles. The highest BCUT2D eigenvalue weighted by molar-refractivity contribution is 8.26. The lowest BCUT2D eigenvalue weighted by Gasteiger charge is -2.23. The fourth-order valence-corrected chi connectivity index (χ4v) is 5.01. The molecule has 3 aromatic carbocycles. The highest BCUT2D eigenvalue weighted by atomic mass is 35.5. The number of thiocarbonyl (C=S) groups is 1. The molecule has 1 N–H and O–H groups in total. The molecule has 0 aromatic heterocycles. The van der Waals surface area contributed by atoms with Crippen molar-refractivity contribution in [3.8, 4) is 11.5 Å². The van der Waals surface area contributed by atoms with Gasteiger partial charge in [-0.2, -0.15) is 0 Å². The van der Waals surface area contributed by atoms with Crippen molar-refractivity contribution < 1.29 is 19.4 Å². The van der Waals surface area contributed by atoms with Crippen LogP contribution in [0.1, 0.15) is 11.1 Å². The lowest BCUT2D eigenvalue weighted by Crippen LogP contribution is -2.45. The van der Waals surface area contributed by atoms with Gasteiger partial charge in [0.1, 0.15) is 21.9 Å². The van der Waals surface area contributed by atoms with Crippen molar-refractivity contribution in [3.63, 3.8) is 0 Å². The van der Waals surface area contributed by atoms with Crippen LogP contribution in [-0.4, -0.2) is 32.2 Å². The number of para-hydroxylation sites is 1. The predicted octanol–water partition coefficient (Wildman–Crippen LogP) is 6.68. The molecule has 1 aliphatic rings. The van der Waals surface area contributed by atoms with Gasteiger partial charge < -0.3 is 9.84 Å². The number of amides is 1. The number of thioether (sulfide) groups is 1. The summed E-state index contributed by atoms with van der Waals surface area (Å²) in [6.07, 6.45) is 1.79. The molecule has 0 spiro atoms. The fourth-order valence-electron chi connectivity index (χ4n) is 3.38. The Labute approximate surface area is 215 Å². The number of ether oxygens (including phenoxy) is 1. The molecule has 4 rings (SSSR count). The summed E-state index contributed by atoms with van der Waals surface area (Å²) in [5, 5.41) is 10.6. The number of hydrogen-bond acceptors (Lipinski definition) is 5. The highest BCUT2D eigenvalue weighted by Gasteiger charge is 2.40. The smallest absolute Gasteiger partial charge is 0.327 e. The zero-order chi connectivity index (χ0) is 24.2. The third kappa shape index (κ3) is 5.45. The van der Waals surface area contributed by atoms with E-state index < -0.39 is 17.9 Å². The van der Waals surface area contributed by atoms with Crippen molar-refractivity contribution in [3.05, 3.63) is 98.9 Å². The third-order valence-corrected chi connectivity index (χ3v) is 7.09. The van der Waals surface area contributed by atoms with E-state index in [9.17, 15) is 14.7 Å². The van der Waals surface area contributed by atoms with Crippen molar-refractivity contribution in [2.75, 3.05) is 0 Å². The van der Waals surface area contributed by atoms with Gasteiger partial charge in [0.05, 0.1) is 15.0 Å². The summed E-state index contributed by atoms with van der Waals surface area (Å²) in [4.78, 5) is 26.7. The molecular weight excluding hydrogens is 513 g/mol. The van der Waals surface area contributed by atoms with Crippen molar-refractivity contribution in [1.29, 1.82) is 0 Å². The maximum absolute atomic E-state index is 13.2. The fraction of sp³-hybridized carbons (Fsp3) is 0.0800. The topological polar surface area (TPSA) is 66.8 Å². The van der Waals surface area contributed by atoms with Crippen LogP contribution in [0.15, 0.2) is 77.7 Å². The van der Waals surface area contributed by atoms with E-state index in [1.807, 2.05) is 36.4 Å². The number of nitrogens with zero attached hydrogens (tertiary/aromatic N) is 1. The van der Waals surface area contributed by atoms with Gasteiger partial charge in [-0.15, -0.1) is 0 Å². The van der Waals surface area contributed by atoms with Crippen molar-refractivity contribution in [2.24, 2.45) is 0 Å². The molecule has 1 aliphatic heterocycles. The number of hydrogen-bond donors (Lipinski definition) is 1. The molecule has 1 heterocycles. The van der Waals surface area contributed by atoms with Gasteiger partial charge in [0.2, 0.25) is 0 Å². The second-order valence-electron chi connectivity index (χ2n) is 7.31. The highest BCUT2D eigenvalue weighted by Crippen LogP contribution is 2.37. The van der Waals surface area contributed by atoms with Crippen LogP contribution in [0.3, 0.4) is 0 Å². The van der Waals surface area contributed by atoms with Crippen LogP contribution in [0.4, 0.5) is 0 Å². The number of rotatable bonds is 7. The van der Waals surface area contributed by atoms with Gasteiger partial charge in [0.25, 0.3) is 5.91 Å². The Morgan fingerprint density at radius 3 is 2.47 bits per heavy atom. The third-order valence-electron chi connectivity index (χ3n) is 5.02.